The number of halogens is 2. The normalized spacial score (nSPS) is 10.5. The number of hydrogen-bond acceptors (Lipinski definition) is 5. The second-order valence-electron chi connectivity index (χ2n) is 5.05. The Kier molecular flexibility index (Phi) is 4.64. The van der Waals surface area contributed by atoms with E-state index in [0.29, 0.717) is 17.1 Å². The molecule has 1 heterocycles. The van der Waals surface area contributed by atoms with Gasteiger partial charge in [0, 0.05) is 17.3 Å². The Balaban J connectivity index is 1.68. The molecule has 0 radical (unpaired) electrons. The van der Waals surface area contributed by atoms with Gasteiger partial charge in [-0.1, -0.05) is 12.1 Å². The lowest BCUT2D eigenvalue weighted by molar-refractivity contribution is -0.117. The number of aromatic nitrogens is 4. The molecule has 0 spiro atoms. The van der Waals surface area contributed by atoms with Gasteiger partial charge in [-0.3, -0.25) is 4.79 Å². The van der Waals surface area contributed by atoms with Crippen molar-refractivity contribution in [3.8, 4) is 17.1 Å². The third-order valence-electron chi connectivity index (χ3n) is 3.27. The molecule has 2 aromatic carbocycles. The molecule has 0 aliphatic heterocycles. The van der Waals surface area contributed by atoms with Crippen LogP contribution < -0.4 is 10.1 Å². The van der Waals surface area contributed by atoms with E-state index in [2.05, 4.69) is 20.7 Å². The van der Waals surface area contributed by atoms with Gasteiger partial charge in [-0.15, -0.1) is 10.2 Å². The highest BCUT2D eigenvalue weighted by molar-refractivity contribution is 5.90. The van der Waals surface area contributed by atoms with E-state index in [9.17, 15) is 13.6 Å². The van der Waals surface area contributed by atoms with Crippen LogP contribution in [-0.4, -0.2) is 33.2 Å². The first kappa shape index (κ1) is 16.5. The standard InChI is InChI=1S/C16H13F2N5O2/c1-25-12-4-2-3-10(7-12)16-20-22-23(21-16)9-15(24)19-11-5-6-13(17)14(18)8-11/h2-8H,9H2,1H3,(H,19,24). The van der Waals surface area contributed by atoms with E-state index in [4.69, 9.17) is 4.74 Å². The minimum Gasteiger partial charge on any atom is -0.497 e. The first-order chi connectivity index (χ1) is 12.0. The monoisotopic (exact) mass is 345 g/mol. The third kappa shape index (κ3) is 3.94. The minimum absolute atomic E-state index is 0.136. The van der Waals surface area contributed by atoms with Crippen molar-refractivity contribution in [3.63, 3.8) is 0 Å². The quantitative estimate of drug-likeness (QED) is 0.767. The van der Waals surface area contributed by atoms with Gasteiger partial charge >= 0.3 is 0 Å². The molecule has 3 aromatic rings. The Morgan fingerprint density at radius 1 is 1.20 bits per heavy atom. The Labute approximate surface area is 141 Å². The van der Waals surface area contributed by atoms with Gasteiger partial charge in [-0.2, -0.15) is 4.80 Å². The summed E-state index contributed by atoms with van der Waals surface area (Å²) < 4.78 is 31.1. The maximum absolute atomic E-state index is 13.1. The molecule has 1 N–H and O–H groups in total. The molecule has 9 heteroatoms. The second kappa shape index (κ2) is 7.04. The van der Waals surface area contributed by atoms with Crippen molar-refractivity contribution < 1.29 is 18.3 Å². The van der Waals surface area contributed by atoms with Crippen molar-refractivity contribution in [2.45, 2.75) is 6.54 Å². The SMILES string of the molecule is COc1cccc(-c2nnn(CC(=O)Nc3ccc(F)c(F)c3)n2)c1. The molecule has 0 saturated heterocycles. The molecule has 1 aromatic heterocycles. The van der Waals surface area contributed by atoms with Crippen LogP contribution in [0.5, 0.6) is 5.75 Å². The Morgan fingerprint density at radius 3 is 2.80 bits per heavy atom. The summed E-state index contributed by atoms with van der Waals surface area (Å²) in [5, 5.41) is 14.2. The molecule has 0 atom stereocenters. The van der Waals surface area contributed by atoms with Crippen molar-refractivity contribution in [1.29, 1.82) is 0 Å². The number of ether oxygens (including phenoxy) is 1. The topological polar surface area (TPSA) is 81.9 Å². The zero-order chi connectivity index (χ0) is 17.8. The van der Waals surface area contributed by atoms with Crippen LogP contribution in [0, 0.1) is 11.6 Å². The van der Waals surface area contributed by atoms with Crippen LogP contribution in [0.15, 0.2) is 42.5 Å². The maximum atomic E-state index is 13.1. The van der Waals surface area contributed by atoms with Gasteiger partial charge in [-0.05, 0) is 29.5 Å². The van der Waals surface area contributed by atoms with Gasteiger partial charge < -0.3 is 10.1 Å². The average Bonchev–Trinajstić information content (AvgIpc) is 3.06. The number of anilines is 1. The predicted molar refractivity (Wildman–Crippen MR) is 84.8 cm³/mol. The summed E-state index contributed by atoms with van der Waals surface area (Å²) in [5.74, 6) is -1.55. The fraction of sp³-hybridized carbons (Fsp3) is 0.125. The summed E-state index contributed by atoms with van der Waals surface area (Å²) in [4.78, 5) is 13.0. The van der Waals surface area contributed by atoms with Gasteiger partial charge in [0.15, 0.2) is 11.6 Å². The summed E-state index contributed by atoms with van der Waals surface area (Å²) in [5.41, 5.74) is 0.823. The zero-order valence-electron chi connectivity index (χ0n) is 13.1. The molecule has 25 heavy (non-hydrogen) atoms. The van der Waals surface area contributed by atoms with Crippen molar-refractivity contribution in [2.24, 2.45) is 0 Å². The molecule has 0 saturated carbocycles. The highest BCUT2D eigenvalue weighted by atomic mass is 19.2. The van der Waals surface area contributed by atoms with Crippen molar-refractivity contribution in [3.05, 3.63) is 54.1 Å². The van der Waals surface area contributed by atoms with Crippen LogP contribution in [-0.2, 0) is 11.3 Å². The van der Waals surface area contributed by atoms with Crippen molar-refractivity contribution in [1.82, 2.24) is 20.2 Å². The number of tetrazole rings is 1. The van der Waals surface area contributed by atoms with Crippen molar-refractivity contribution in [2.75, 3.05) is 12.4 Å². The van der Waals surface area contributed by atoms with E-state index in [1.54, 1.807) is 31.4 Å². The molecule has 128 valence electrons. The Bertz CT molecular complexity index is 913. The van der Waals surface area contributed by atoms with E-state index in [-0.39, 0.29) is 12.2 Å². The van der Waals surface area contributed by atoms with Crippen LogP contribution in [0.2, 0.25) is 0 Å². The van der Waals surface area contributed by atoms with Gasteiger partial charge in [0.05, 0.1) is 7.11 Å². The first-order valence-electron chi connectivity index (χ1n) is 7.22. The van der Waals surface area contributed by atoms with Crippen LogP contribution in [0.25, 0.3) is 11.4 Å². The first-order valence-corrected chi connectivity index (χ1v) is 7.22. The van der Waals surface area contributed by atoms with E-state index < -0.39 is 17.5 Å². The van der Waals surface area contributed by atoms with Crippen molar-refractivity contribution >= 4 is 11.6 Å². The molecular weight excluding hydrogens is 332 g/mol. The molecule has 0 unspecified atom stereocenters. The molecule has 0 bridgehead atoms. The molecule has 3 rings (SSSR count). The van der Waals surface area contributed by atoms with E-state index in [1.807, 2.05) is 0 Å². The van der Waals surface area contributed by atoms with Gasteiger partial charge in [0.2, 0.25) is 11.7 Å². The number of carbonyl (C=O) groups is 1. The lowest BCUT2D eigenvalue weighted by atomic mass is 10.2. The average molecular weight is 345 g/mol. The lowest BCUT2D eigenvalue weighted by Crippen LogP contribution is -2.20. The Morgan fingerprint density at radius 2 is 2.04 bits per heavy atom. The summed E-state index contributed by atoms with van der Waals surface area (Å²) >= 11 is 0. The summed E-state index contributed by atoms with van der Waals surface area (Å²) in [7, 11) is 1.55. The summed E-state index contributed by atoms with van der Waals surface area (Å²) in [6, 6.07) is 10.2. The minimum atomic E-state index is -1.04. The van der Waals surface area contributed by atoms with E-state index >= 15 is 0 Å². The highest BCUT2D eigenvalue weighted by Gasteiger charge is 2.11. The van der Waals surface area contributed by atoms with Crippen LogP contribution >= 0.6 is 0 Å². The number of nitrogens with zero attached hydrogens (tertiary/aromatic N) is 4. The van der Waals surface area contributed by atoms with Crippen LogP contribution in [0.1, 0.15) is 0 Å². The number of amides is 1. The largest absolute Gasteiger partial charge is 0.497 e. The molecule has 1 amide bonds. The maximum Gasteiger partial charge on any atom is 0.248 e. The predicted octanol–water partition coefficient (Wildman–Crippen LogP) is 2.27. The molecule has 0 aliphatic rings. The Hall–Kier alpha value is -3.36. The number of carbonyl (C=O) groups excluding carboxylic acids is 1. The molecule has 0 fully saturated rings. The van der Waals surface area contributed by atoms with Gasteiger partial charge in [0.1, 0.15) is 12.3 Å². The molecular formula is C16H13F2N5O2. The molecule has 7 nitrogen and oxygen atoms in total. The fourth-order valence-corrected chi connectivity index (χ4v) is 2.09. The van der Waals surface area contributed by atoms with Gasteiger partial charge in [-0.25, -0.2) is 8.78 Å². The van der Waals surface area contributed by atoms with E-state index in [1.165, 1.54) is 6.07 Å². The molecule has 0 aliphatic carbocycles. The van der Waals surface area contributed by atoms with Gasteiger partial charge in [0.25, 0.3) is 0 Å². The zero-order valence-corrected chi connectivity index (χ0v) is 13.1. The summed E-state index contributed by atoms with van der Waals surface area (Å²) in [6.45, 7) is -0.226. The van der Waals surface area contributed by atoms with Crippen LogP contribution in [0.3, 0.4) is 0 Å². The third-order valence-corrected chi connectivity index (χ3v) is 3.27. The number of hydrogen-bond donors (Lipinski definition) is 1. The van der Waals surface area contributed by atoms with Crippen LogP contribution in [0.4, 0.5) is 14.5 Å². The summed E-state index contributed by atoms with van der Waals surface area (Å²) in [6.07, 6.45) is 0. The lowest BCUT2D eigenvalue weighted by Gasteiger charge is -2.04. The number of methoxy groups -OCH3 is 1. The number of nitrogens with one attached hydrogen (secondary N) is 1. The smallest absolute Gasteiger partial charge is 0.248 e. The second-order valence-corrected chi connectivity index (χ2v) is 5.05. The number of benzene rings is 2. The number of rotatable bonds is 5. The highest BCUT2D eigenvalue weighted by Crippen LogP contribution is 2.19. The van der Waals surface area contributed by atoms with E-state index in [0.717, 1.165) is 16.9 Å². The fourth-order valence-electron chi connectivity index (χ4n) is 2.09.